The SMILES string of the molecule is CC(=O)N1CCN(C(=O)c2ccc(-c3cnc4c(c3)N(Cc3cc(Cl)ccc3C)CCN4)cc2)CC1. The van der Waals surface area contributed by atoms with E-state index in [-0.39, 0.29) is 11.8 Å². The quantitative estimate of drug-likeness (QED) is 0.570. The highest BCUT2D eigenvalue weighted by Gasteiger charge is 2.24. The van der Waals surface area contributed by atoms with Crippen LogP contribution < -0.4 is 10.2 Å². The number of pyridine rings is 1. The zero-order chi connectivity index (χ0) is 25.2. The van der Waals surface area contributed by atoms with Crippen LogP contribution in [0.25, 0.3) is 11.1 Å². The zero-order valence-corrected chi connectivity index (χ0v) is 21.4. The lowest BCUT2D eigenvalue weighted by atomic mass is 10.0. The number of amides is 2. The van der Waals surface area contributed by atoms with Gasteiger partial charge in [0.25, 0.3) is 5.91 Å². The molecule has 3 aromatic rings. The van der Waals surface area contributed by atoms with Gasteiger partial charge in [-0.15, -0.1) is 0 Å². The number of anilines is 2. The van der Waals surface area contributed by atoms with Crippen molar-refractivity contribution < 1.29 is 9.59 Å². The number of fused-ring (bicyclic) bond motifs is 1. The number of nitrogens with zero attached hydrogens (tertiary/aromatic N) is 4. The molecule has 1 N–H and O–H groups in total. The summed E-state index contributed by atoms with van der Waals surface area (Å²) in [6.07, 6.45) is 1.87. The van der Waals surface area contributed by atoms with Crippen molar-refractivity contribution in [3.05, 3.63) is 76.4 Å². The van der Waals surface area contributed by atoms with Gasteiger partial charge >= 0.3 is 0 Å². The van der Waals surface area contributed by atoms with Gasteiger partial charge in [0.05, 0.1) is 5.69 Å². The van der Waals surface area contributed by atoms with Gasteiger partial charge in [0, 0.05) is 75.1 Å². The first-order chi connectivity index (χ1) is 17.4. The predicted molar refractivity (Wildman–Crippen MR) is 144 cm³/mol. The minimum absolute atomic E-state index is 0.000542. The molecule has 2 aromatic carbocycles. The summed E-state index contributed by atoms with van der Waals surface area (Å²) in [5, 5.41) is 4.14. The molecule has 0 radical (unpaired) electrons. The summed E-state index contributed by atoms with van der Waals surface area (Å²) >= 11 is 6.26. The van der Waals surface area contributed by atoms with Gasteiger partial charge in [-0.3, -0.25) is 9.59 Å². The standard InChI is InChI=1S/C28H30ClN5O2/c1-19-3-8-25(29)15-24(19)18-34-10-9-30-27-26(34)16-23(17-31-27)21-4-6-22(7-5-21)28(36)33-13-11-32(12-14-33)20(2)35/h3-8,15-17H,9-14,18H2,1-2H3,(H,30,31). The molecule has 1 saturated heterocycles. The number of hydrogen-bond acceptors (Lipinski definition) is 5. The van der Waals surface area contributed by atoms with Crippen molar-refractivity contribution in [2.24, 2.45) is 0 Å². The third kappa shape index (κ3) is 5.02. The van der Waals surface area contributed by atoms with Crippen molar-refractivity contribution in [2.75, 3.05) is 49.5 Å². The van der Waals surface area contributed by atoms with E-state index >= 15 is 0 Å². The monoisotopic (exact) mass is 503 g/mol. The first kappa shape index (κ1) is 24.1. The van der Waals surface area contributed by atoms with E-state index in [1.807, 2.05) is 47.5 Å². The van der Waals surface area contributed by atoms with Crippen molar-refractivity contribution in [3.63, 3.8) is 0 Å². The summed E-state index contributed by atoms with van der Waals surface area (Å²) in [5.41, 5.74) is 6.13. The van der Waals surface area contributed by atoms with Gasteiger partial charge in [0.15, 0.2) is 0 Å². The number of carbonyl (C=O) groups excluding carboxylic acids is 2. The number of halogens is 1. The van der Waals surface area contributed by atoms with Gasteiger partial charge in [-0.1, -0.05) is 29.8 Å². The Balaban J connectivity index is 1.33. The van der Waals surface area contributed by atoms with Gasteiger partial charge in [-0.25, -0.2) is 4.98 Å². The number of rotatable bonds is 4. The Morgan fingerprint density at radius 3 is 2.39 bits per heavy atom. The minimum atomic E-state index is 0.000542. The Kier molecular flexibility index (Phi) is 6.83. The second-order valence-electron chi connectivity index (χ2n) is 9.39. The lowest BCUT2D eigenvalue weighted by molar-refractivity contribution is -0.130. The second-order valence-corrected chi connectivity index (χ2v) is 9.82. The molecular weight excluding hydrogens is 474 g/mol. The van der Waals surface area contributed by atoms with Crippen molar-refractivity contribution >= 4 is 34.9 Å². The molecule has 2 amide bonds. The maximum atomic E-state index is 13.0. The highest BCUT2D eigenvalue weighted by Crippen LogP contribution is 2.33. The van der Waals surface area contributed by atoms with Crippen molar-refractivity contribution in [1.82, 2.24) is 14.8 Å². The number of aromatic nitrogens is 1. The fourth-order valence-corrected chi connectivity index (χ4v) is 5.01. The van der Waals surface area contributed by atoms with E-state index in [1.165, 1.54) is 11.1 Å². The number of carbonyl (C=O) groups is 2. The predicted octanol–water partition coefficient (Wildman–Crippen LogP) is 4.45. The molecule has 36 heavy (non-hydrogen) atoms. The van der Waals surface area contributed by atoms with Gasteiger partial charge in [0.1, 0.15) is 5.82 Å². The first-order valence-electron chi connectivity index (χ1n) is 12.3. The normalized spacial score (nSPS) is 15.4. The lowest BCUT2D eigenvalue weighted by Gasteiger charge is -2.34. The van der Waals surface area contributed by atoms with Crippen molar-refractivity contribution in [3.8, 4) is 11.1 Å². The van der Waals surface area contributed by atoms with Crippen LogP contribution in [0.5, 0.6) is 0 Å². The maximum Gasteiger partial charge on any atom is 0.253 e. The highest BCUT2D eigenvalue weighted by atomic mass is 35.5. The third-order valence-corrected chi connectivity index (χ3v) is 7.27. The maximum absolute atomic E-state index is 13.0. The summed E-state index contributed by atoms with van der Waals surface area (Å²) in [5.74, 6) is 0.934. The zero-order valence-electron chi connectivity index (χ0n) is 20.6. The van der Waals surface area contributed by atoms with Crippen LogP contribution in [0.15, 0.2) is 54.7 Å². The van der Waals surface area contributed by atoms with Gasteiger partial charge < -0.3 is 20.0 Å². The largest absolute Gasteiger partial charge is 0.367 e. The summed E-state index contributed by atoms with van der Waals surface area (Å²) in [4.78, 5) is 35.1. The van der Waals surface area contributed by atoms with Crippen LogP contribution in [0.1, 0.15) is 28.4 Å². The molecule has 0 spiro atoms. The Morgan fingerprint density at radius 2 is 1.67 bits per heavy atom. The molecule has 2 aliphatic rings. The smallest absolute Gasteiger partial charge is 0.253 e. The molecule has 0 unspecified atom stereocenters. The van der Waals surface area contributed by atoms with Gasteiger partial charge in [-0.05, 0) is 53.9 Å². The van der Waals surface area contributed by atoms with Crippen LogP contribution in [0.2, 0.25) is 5.02 Å². The number of hydrogen-bond donors (Lipinski definition) is 1. The van der Waals surface area contributed by atoms with Crippen molar-refractivity contribution in [1.29, 1.82) is 0 Å². The van der Waals surface area contributed by atoms with Crippen LogP contribution >= 0.6 is 11.6 Å². The number of piperazine rings is 1. The Labute approximate surface area is 216 Å². The number of aryl methyl sites for hydroxylation is 1. The summed E-state index contributed by atoms with van der Waals surface area (Å²) < 4.78 is 0. The molecule has 5 rings (SSSR count). The number of benzene rings is 2. The molecule has 1 fully saturated rings. The van der Waals surface area contributed by atoms with E-state index in [0.717, 1.165) is 47.3 Å². The molecule has 186 valence electrons. The lowest BCUT2D eigenvalue weighted by Crippen LogP contribution is -2.50. The van der Waals surface area contributed by atoms with Crippen molar-refractivity contribution in [2.45, 2.75) is 20.4 Å². The molecule has 3 heterocycles. The molecular formula is C28H30ClN5O2. The summed E-state index contributed by atoms with van der Waals surface area (Å²) in [6, 6.07) is 15.9. The van der Waals surface area contributed by atoms with Crippen LogP contribution in [0, 0.1) is 6.92 Å². The van der Waals surface area contributed by atoms with E-state index in [4.69, 9.17) is 16.6 Å². The van der Waals surface area contributed by atoms with Gasteiger partial charge in [0.2, 0.25) is 5.91 Å². The third-order valence-electron chi connectivity index (χ3n) is 7.03. The fourth-order valence-electron chi connectivity index (χ4n) is 4.81. The highest BCUT2D eigenvalue weighted by molar-refractivity contribution is 6.30. The molecule has 1 aromatic heterocycles. The molecule has 0 atom stereocenters. The Morgan fingerprint density at radius 1 is 0.944 bits per heavy atom. The topological polar surface area (TPSA) is 68.8 Å². The average Bonchev–Trinajstić information content (AvgIpc) is 2.90. The Hall–Kier alpha value is -3.58. The van der Waals surface area contributed by atoms with E-state index in [2.05, 4.69) is 29.3 Å². The second kappa shape index (κ2) is 10.2. The van der Waals surface area contributed by atoms with Gasteiger partial charge in [-0.2, -0.15) is 0 Å². The molecule has 0 aliphatic carbocycles. The van der Waals surface area contributed by atoms with Crippen LogP contribution in [-0.2, 0) is 11.3 Å². The molecule has 8 heteroatoms. The van der Waals surface area contributed by atoms with Crippen LogP contribution in [-0.4, -0.2) is 65.9 Å². The molecule has 2 aliphatic heterocycles. The van der Waals surface area contributed by atoms with E-state index in [9.17, 15) is 9.59 Å². The van der Waals surface area contributed by atoms with E-state index in [0.29, 0.717) is 31.7 Å². The van der Waals surface area contributed by atoms with E-state index < -0.39 is 0 Å². The molecule has 7 nitrogen and oxygen atoms in total. The summed E-state index contributed by atoms with van der Waals surface area (Å²) in [6.45, 7) is 8.42. The summed E-state index contributed by atoms with van der Waals surface area (Å²) in [7, 11) is 0. The van der Waals surface area contributed by atoms with Crippen LogP contribution in [0.3, 0.4) is 0 Å². The first-order valence-corrected chi connectivity index (χ1v) is 12.7. The molecule has 0 saturated carbocycles. The van der Waals surface area contributed by atoms with Crippen LogP contribution in [0.4, 0.5) is 11.5 Å². The number of nitrogens with one attached hydrogen (secondary N) is 1. The Bertz CT molecular complexity index is 1290. The minimum Gasteiger partial charge on any atom is -0.367 e. The average molecular weight is 504 g/mol. The molecule has 0 bridgehead atoms. The fraction of sp³-hybridized carbons (Fsp3) is 0.321. The van der Waals surface area contributed by atoms with E-state index in [1.54, 1.807) is 11.8 Å².